The van der Waals surface area contributed by atoms with Crippen LogP contribution in [-0.4, -0.2) is 11.6 Å². The summed E-state index contributed by atoms with van der Waals surface area (Å²) in [7, 11) is 0. The molecule has 0 heterocycles. The summed E-state index contributed by atoms with van der Waals surface area (Å²) in [6, 6.07) is 0. The molecule has 3 atom stereocenters. The molecule has 2 saturated carbocycles. The number of nitrogens with one attached hydrogen (secondary N) is 1. The summed E-state index contributed by atoms with van der Waals surface area (Å²) < 4.78 is 0. The van der Waals surface area contributed by atoms with Crippen LogP contribution in [0.15, 0.2) is 5.10 Å². The standard InChI is InChI=1S/C11H18N2O/c1-7(12-13-8(2)14)11-6-9-3-4-10(11)5-9/h9-11H,3-6H2,1-2H3,(H,13,14)/t9-,10+,11-/m0/s1. The molecule has 0 aromatic rings. The molecule has 0 aromatic carbocycles. The number of carbonyl (C=O) groups excluding carboxylic acids is 1. The molecule has 78 valence electrons. The second kappa shape index (κ2) is 3.71. The Kier molecular flexibility index (Phi) is 2.57. The number of carbonyl (C=O) groups is 1. The number of nitrogens with zero attached hydrogens (tertiary/aromatic N) is 1. The van der Waals surface area contributed by atoms with E-state index in [0.717, 1.165) is 17.5 Å². The molecule has 1 amide bonds. The highest BCUT2D eigenvalue weighted by Crippen LogP contribution is 2.48. The van der Waals surface area contributed by atoms with Crippen LogP contribution < -0.4 is 5.43 Å². The van der Waals surface area contributed by atoms with Crippen molar-refractivity contribution < 1.29 is 4.79 Å². The van der Waals surface area contributed by atoms with Crippen molar-refractivity contribution in [3.8, 4) is 0 Å². The van der Waals surface area contributed by atoms with E-state index < -0.39 is 0 Å². The van der Waals surface area contributed by atoms with Gasteiger partial charge in [0.05, 0.1) is 0 Å². The van der Waals surface area contributed by atoms with Crippen LogP contribution in [0.3, 0.4) is 0 Å². The van der Waals surface area contributed by atoms with Gasteiger partial charge in [-0.15, -0.1) is 0 Å². The molecule has 0 aliphatic heterocycles. The zero-order valence-electron chi connectivity index (χ0n) is 8.92. The summed E-state index contributed by atoms with van der Waals surface area (Å²) in [5.74, 6) is 2.35. The third-order valence-corrected chi connectivity index (χ3v) is 3.66. The van der Waals surface area contributed by atoms with Crippen molar-refractivity contribution in [2.45, 2.75) is 39.5 Å². The lowest BCUT2D eigenvalue weighted by Crippen LogP contribution is -2.23. The first kappa shape index (κ1) is 9.69. The lowest BCUT2D eigenvalue weighted by Gasteiger charge is -2.20. The molecule has 2 bridgehead atoms. The van der Waals surface area contributed by atoms with Crippen LogP contribution in [0.2, 0.25) is 0 Å². The molecule has 0 unspecified atom stereocenters. The molecule has 2 aliphatic rings. The molecule has 0 spiro atoms. The fourth-order valence-electron chi connectivity index (χ4n) is 3.01. The van der Waals surface area contributed by atoms with Gasteiger partial charge >= 0.3 is 0 Å². The van der Waals surface area contributed by atoms with Crippen molar-refractivity contribution in [3.05, 3.63) is 0 Å². The molecule has 14 heavy (non-hydrogen) atoms. The van der Waals surface area contributed by atoms with E-state index in [1.165, 1.54) is 32.6 Å². The number of hydrogen-bond donors (Lipinski definition) is 1. The van der Waals surface area contributed by atoms with Crippen molar-refractivity contribution in [2.75, 3.05) is 0 Å². The summed E-state index contributed by atoms with van der Waals surface area (Å²) in [5.41, 5.74) is 3.65. The van der Waals surface area contributed by atoms with Crippen LogP contribution in [0.1, 0.15) is 39.5 Å². The normalized spacial score (nSPS) is 36.1. The SMILES string of the molecule is CC(=O)NN=C(C)[C@@H]1C[C@H]2CC[C@@H]1C2. The Labute approximate surface area is 85.0 Å². The van der Waals surface area contributed by atoms with E-state index >= 15 is 0 Å². The van der Waals surface area contributed by atoms with Gasteiger partial charge < -0.3 is 0 Å². The highest BCUT2D eigenvalue weighted by molar-refractivity contribution is 5.86. The van der Waals surface area contributed by atoms with E-state index in [1.807, 2.05) is 6.92 Å². The van der Waals surface area contributed by atoms with E-state index in [9.17, 15) is 4.79 Å². The quantitative estimate of drug-likeness (QED) is 0.529. The fourth-order valence-corrected chi connectivity index (χ4v) is 3.01. The van der Waals surface area contributed by atoms with Crippen LogP contribution in [0, 0.1) is 17.8 Å². The van der Waals surface area contributed by atoms with Gasteiger partial charge in [0.25, 0.3) is 0 Å². The summed E-state index contributed by atoms with van der Waals surface area (Å²) in [6.45, 7) is 3.54. The molecular formula is C11H18N2O. The van der Waals surface area contributed by atoms with Gasteiger partial charge in [-0.1, -0.05) is 6.42 Å². The summed E-state index contributed by atoms with van der Waals surface area (Å²) in [5, 5.41) is 4.14. The molecule has 2 aliphatic carbocycles. The zero-order chi connectivity index (χ0) is 10.1. The molecule has 3 heteroatoms. The van der Waals surface area contributed by atoms with Crippen LogP contribution in [0.4, 0.5) is 0 Å². The second-order valence-corrected chi connectivity index (χ2v) is 4.70. The van der Waals surface area contributed by atoms with Crippen molar-refractivity contribution in [1.82, 2.24) is 5.43 Å². The van der Waals surface area contributed by atoms with Crippen LogP contribution >= 0.6 is 0 Å². The van der Waals surface area contributed by atoms with Gasteiger partial charge in [0.15, 0.2) is 0 Å². The largest absolute Gasteiger partial charge is 0.274 e. The predicted molar refractivity (Wildman–Crippen MR) is 55.9 cm³/mol. The van der Waals surface area contributed by atoms with Gasteiger partial charge in [-0.3, -0.25) is 4.79 Å². The number of amides is 1. The maximum Gasteiger partial charge on any atom is 0.236 e. The third kappa shape index (κ3) is 1.81. The van der Waals surface area contributed by atoms with E-state index in [0.29, 0.717) is 5.92 Å². The van der Waals surface area contributed by atoms with Crippen LogP contribution in [0.25, 0.3) is 0 Å². The van der Waals surface area contributed by atoms with Gasteiger partial charge in [0, 0.05) is 18.6 Å². The molecule has 3 nitrogen and oxygen atoms in total. The highest BCUT2D eigenvalue weighted by Gasteiger charge is 2.40. The van der Waals surface area contributed by atoms with Gasteiger partial charge in [0.1, 0.15) is 0 Å². The predicted octanol–water partition coefficient (Wildman–Crippen LogP) is 1.93. The smallest absolute Gasteiger partial charge is 0.236 e. The average Bonchev–Trinajstić information content (AvgIpc) is 2.74. The fraction of sp³-hybridized carbons (Fsp3) is 0.818. The maximum absolute atomic E-state index is 10.7. The van der Waals surface area contributed by atoms with E-state index in [1.54, 1.807) is 0 Å². The number of fused-ring (bicyclic) bond motifs is 2. The lowest BCUT2D eigenvalue weighted by molar-refractivity contribution is -0.118. The second-order valence-electron chi connectivity index (χ2n) is 4.70. The van der Waals surface area contributed by atoms with Crippen molar-refractivity contribution >= 4 is 11.6 Å². The summed E-state index contributed by atoms with van der Waals surface area (Å²) >= 11 is 0. The number of rotatable bonds is 2. The minimum absolute atomic E-state index is 0.0764. The topological polar surface area (TPSA) is 41.5 Å². The van der Waals surface area contributed by atoms with Crippen LogP contribution in [-0.2, 0) is 4.79 Å². The first-order valence-electron chi connectivity index (χ1n) is 5.47. The minimum atomic E-state index is -0.0764. The molecular weight excluding hydrogens is 176 g/mol. The van der Waals surface area contributed by atoms with E-state index in [2.05, 4.69) is 10.5 Å². The Morgan fingerprint density at radius 3 is 2.57 bits per heavy atom. The first-order valence-corrected chi connectivity index (χ1v) is 5.47. The lowest BCUT2D eigenvalue weighted by atomic mass is 9.86. The Bertz CT molecular complexity index is 272. The van der Waals surface area contributed by atoms with E-state index in [-0.39, 0.29) is 5.91 Å². The Morgan fingerprint density at radius 1 is 1.29 bits per heavy atom. The summed E-state index contributed by atoms with van der Waals surface area (Å²) in [4.78, 5) is 10.7. The number of hydrazone groups is 1. The average molecular weight is 194 g/mol. The van der Waals surface area contributed by atoms with Gasteiger partial charge in [-0.25, -0.2) is 5.43 Å². The van der Waals surface area contributed by atoms with Gasteiger partial charge in [-0.2, -0.15) is 5.10 Å². The van der Waals surface area contributed by atoms with Gasteiger partial charge in [0.2, 0.25) is 5.91 Å². The summed E-state index contributed by atoms with van der Waals surface area (Å²) in [6.07, 6.45) is 5.45. The Balaban J connectivity index is 1.95. The van der Waals surface area contributed by atoms with Gasteiger partial charge in [-0.05, 0) is 38.0 Å². The molecule has 0 saturated heterocycles. The first-order chi connectivity index (χ1) is 6.66. The Hall–Kier alpha value is -0.860. The highest BCUT2D eigenvalue weighted by atomic mass is 16.2. The van der Waals surface area contributed by atoms with Crippen molar-refractivity contribution in [2.24, 2.45) is 22.9 Å². The molecule has 0 radical (unpaired) electrons. The maximum atomic E-state index is 10.7. The third-order valence-electron chi connectivity index (χ3n) is 3.66. The molecule has 2 rings (SSSR count). The minimum Gasteiger partial charge on any atom is -0.274 e. The molecule has 1 N–H and O–H groups in total. The molecule has 2 fully saturated rings. The van der Waals surface area contributed by atoms with Crippen molar-refractivity contribution in [1.29, 1.82) is 0 Å². The monoisotopic (exact) mass is 194 g/mol. The van der Waals surface area contributed by atoms with E-state index in [4.69, 9.17) is 0 Å². The zero-order valence-corrected chi connectivity index (χ0v) is 8.92. The van der Waals surface area contributed by atoms with Crippen molar-refractivity contribution in [3.63, 3.8) is 0 Å². The van der Waals surface area contributed by atoms with Crippen LogP contribution in [0.5, 0.6) is 0 Å². The number of hydrogen-bond acceptors (Lipinski definition) is 2. The molecule has 0 aromatic heterocycles. The Morgan fingerprint density at radius 2 is 2.07 bits per heavy atom.